The first-order valence-corrected chi connectivity index (χ1v) is 24.1. The van der Waals surface area contributed by atoms with Crippen LogP contribution in [-0.4, -0.2) is 0 Å². The molecule has 0 bridgehead atoms. The van der Waals surface area contributed by atoms with Crippen LogP contribution in [0, 0.1) is 13.8 Å². The SMILES string of the molecule is Cc1ccc(-c2c(-c3ccc(C)cc3)c3ccc(/C=C/c4ccc(N(c5ccccc5)c5ccccc5)cc4)cc3c3cc(/C=C/c4ccc(N(c5ccccc5)c5ccccc5)cc4)ccc23)cc1. The molecule has 0 spiro atoms. The molecule has 0 aliphatic carbocycles. The van der Waals surface area contributed by atoms with Gasteiger partial charge in [-0.25, -0.2) is 0 Å². The molecule has 0 heterocycles. The Kier molecular flexibility index (Phi) is 12.3. The molecule has 2 heteroatoms. The van der Waals surface area contributed by atoms with Gasteiger partial charge in [-0.1, -0.05) is 205 Å². The van der Waals surface area contributed by atoms with Crippen LogP contribution in [0.15, 0.2) is 255 Å². The lowest BCUT2D eigenvalue weighted by Gasteiger charge is -2.25. The fourth-order valence-corrected chi connectivity index (χ4v) is 9.58. The minimum absolute atomic E-state index is 1.11. The highest BCUT2D eigenvalue weighted by atomic mass is 15.1. The first-order valence-electron chi connectivity index (χ1n) is 24.1. The number of hydrogen-bond donors (Lipinski definition) is 0. The molecule has 2 nitrogen and oxygen atoms in total. The zero-order valence-electron chi connectivity index (χ0n) is 39.5. The van der Waals surface area contributed by atoms with Crippen LogP contribution in [0.25, 0.3) is 68.1 Å². The van der Waals surface area contributed by atoms with Crippen molar-refractivity contribution >= 4 is 80.0 Å². The zero-order chi connectivity index (χ0) is 47.2. The van der Waals surface area contributed by atoms with Gasteiger partial charge in [-0.3, -0.25) is 0 Å². The standard InChI is InChI=1S/C68H52N2/c1-49-23-37-55(38-24-49)67-63-45-35-53(29-27-51-31-41-61(42-32-51)69(57-15-7-3-8-16-57)58-17-9-4-10-18-58)47-65(63)66-48-54(36-46-64(66)68(67)56-39-25-50(2)26-40-56)30-28-52-33-43-62(44-34-52)70(59-19-11-5-12-20-59)60-21-13-6-14-22-60/h3-48H,1-2H3/b29-27+,30-28+. The van der Waals surface area contributed by atoms with Gasteiger partial charge in [0.05, 0.1) is 0 Å². The maximum Gasteiger partial charge on any atom is 0.0462 e. The van der Waals surface area contributed by atoms with Crippen molar-refractivity contribution in [2.45, 2.75) is 13.8 Å². The summed E-state index contributed by atoms with van der Waals surface area (Å²) in [6.45, 7) is 4.32. The molecular formula is C68H52N2. The van der Waals surface area contributed by atoms with Crippen molar-refractivity contribution in [2.24, 2.45) is 0 Å². The first kappa shape index (κ1) is 43.6. The van der Waals surface area contributed by atoms with Gasteiger partial charge in [-0.15, -0.1) is 0 Å². The fourth-order valence-electron chi connectivity index (χ4n) is 9.58. The molecular weight excluding hydrogens is 845 g/mol. The van der Waals surface area contributed by atoms with Crippen LogP contribution in [0.1, 0.15) is 33.4 Å². The summed E-state index contributed by atoms with van der Waals surface area (Å²) >= 11 is 0. The van der Waals surface area contributed by atoms with Gasteiger partial charge < -0.3 is 9.80 Å². The van der Waals surface area contributed by atoms with Gasteiger partial charge in [-0.2, -0.15) is 0 Å². The Labute approximate surface area is 412 Å². The number of hydrogen-bond acceptors (Lipinski definition) is 2. The van der Waals surface area contributed by atoms with Gasteiger partial charge in [0, 0.05) is 34.1 Å². The van der Waals surface area contributed by atoms with E-state index < -0.39 is 0 Å². The van der Waals surface area contributed by atoms with Crippen LogP contribution in [0.3, 0.4) is 0 Å². The summed E-state index contributed by atoms with van der Waals surface area (Å²) in [5, 5.41) is 4.91. The molecule has 11 aromatic rings. The molecule has 0 saturated carbocycles. The molecule has 0 fully saturated rings. The summed E-state index contributed by atoms with van der Waals surface area (Å²) in [6.07, 6.45) is 8.94. The van der Waals surface area contributed by atoms with Gasteiger partial charge in [0.1, 0.15) is 0 Å². The van der Waals surface area contributed by atoms with Crippen LogP contribution in [-0.2, 0) is 0 Å². The second-order valence-corrected chi connectivity index (χ2v) is 18.0. The normalized spacial score (nSPS) is 11.5. The Bertz CT molecular complexity index is 3280. The molecule has 0 aliphatic heterocycles. The number of rotatable bonds is 12. The molecule has 11 aromatic carbocycles. The molecule has 0 aromatic heterocycles. The summed E-state index contributed by atoms with van der Waals surface area (Å²) < 4.78 is 0. The lowest BCUT2D eigenvalue weighted by molar-refractivity contribution is 1.28. The lowest BCUT2D eigenvalue weighted by atomic mass is 9.83. The monoisotopic (exact) mass is 896 g/mol. The molecule has 0 aliphatic rings. The predicted octanol–water partition coefficient (Wildman–Crippen LogP) is 19.2. The van der Waals surface area contributed by atoms with Crippen molar-refractivity contribution in [3.63, 3.8) is 0 Å². The highest BCUT2D eigenvalue weighted by Gasteiger charge is 2.19. The summed E-state index contributed by atoms with van der Waals surface area (Å²) in [6, 6.07) is 91.9. The minimum Gasteiger partial charge on any atom is -0.311 e. The second kappa shape index (κ2) is 19.7. The lowest BCUT2D eigenvalue weighted by Crippen LogP contribution is -2.09. The molecule has 0 saturated heterocycles. The third kappa shape index (κ3) is 9.19. The number of benzene rings is 11. The first-order chi connectivity index (χ1) is 34.5. The van der Waals surface area contributed by atoms with Crippen LogP contribution >= 0.6 is 0 Å². The van der Waals surface area contributed by atoms with Crippen molar-refractivity contribution in [1.29, 1.82) is 0 Å². The number of aryl methyl sites for hydroxylation is 2. The van der Waals surface area contributed by atoms with Crippen molar-refractivity contribution in [2.75, 3.05) is 9.80 Å². The van der Waals surface area contributed by atoms with Crippen LogP contribution < -0.4 is 9.80 Å². The van der Waals surface area contributed by atoms with Crippen molar-refractivity contribution < 1.29 is 0 Å². The van der Waals surface area contributed by atoms with Crippen molar-refractivity contribution in [3.8, 4) is 22.3 Å². The molecule has 70 heavy (non-hydrogen) atoms. The molecule has 334 valence electrons. The van der Waals surface area contributed by atoms with E-state index in [0.29, 0.717) is 0 Å². The number of nitrogens with zero attached hydrogens (tertiary/aromatic N) is 2. The highest BCUT2D eigenvalue weighted by Crippen LogP contribution is 2.46. The number of anilines is 6. The van der Waals surface area contributed by atoms with E-state index in [9.17, 15) is 0 Å². The molecule has 0 radical (unpaired) electrons. The van der Waals surface area contributed by atoms with Crippen LogP contribution in [0.2, 0.25) is 0 Å². The molecule has 0 atom stereocenters. The summed E-state index contributed by atoms with van der Waals surface area (Å²) in [5.74, 6) is 0. The van der Waals surface area contributed by atoms with E-state index in [2.05, 4.69) is 303 Å². The Morgan fingerprint density at radius 1 is 0.243 bits per heavy atom. The second-order valence-electron chi connectivity index (χ2n) is 18.0. The summed E-state index contributed by atoms with van der Waals surface area (Å²) in [5.41, 5.74) is 18.7. The quantitative estimate of drug-likeness (QED) is 0.0890. The van der Waals surface area contributed by atoms with E-state index in [4.69, 9.17) is 0 Å². The van der Waals surface area contributed by atoms with Gasteiger partial charge in [0.2, 0.25) is 0 Å². The Balaban J connectivity index is 0.987. The van der Waals surface area contributed by atoms with Crippen molar-refractivity contribution in [3.05, 3.63) is 288 Å². The molecule has 0 N–H and O–H groups in total. The third-order valence-electron chi connectivity index (χ3n) is 13.1. The Morgan fingerprint density at radius 2 is 0.514 bits per heavy atom. The topological polar surface area (TPSA) is 6.48 Å². The summed E-state index contributed by atoms with van der Waals surface area (Å²) in [4.78, 5) is 4.59. The average molecular weight is 897 g/mol. The molecule has 0 unspecified atom stereocenters. The van der Waals surface area contributed by atoms with E-state index in [-0.39, 0.29) is 0 Å². The van der Waals surface area contributed by atoms with E-state index in [1.54, 1.807) is 0 Å². The van der Waals surface area contributed by atoms with E-state index in [1.807, 2.05) is 0 Å². The molecule has 0 amide bonds. The Morgan fingerprint density at radius 3 is 0.829 bits per heavy atom. The van der Waals surface area contributed by atoms with E-state index in [0.717, 1.165) is 56.4 Å². The van der Waals surface area contributed by atoms with Crippen LogP contribution in [0.4, 0.5) is 34.1 Å². The highest BCUT2D eigenvalue weighted by molar-refractivity contribution is 6.22. The minimum atomic E-state index is 1.11. The zero-order valence-corrected chi connectivity index (χ0v) is 39.5. The average Bonchev–Trinajstić information content (AvgIpc) is 3.42. The predicted molar refractivity (Wildman–Crippen MR) is 302 cm³/mol. The summed E-state index contributed by atoms with van der Waals surface area (Å²) in [7, 11) is 0. The van der Waals surface area contributed by atoms with Crippen molar-refractivity contribution in [1.82, 2.24) is 0 Å². The largest absolute Gasteiger partial charge is 0.311 e. The number of para-hydroxylation sites is 4. The van der Waals surface area contributed by atoms with Gasteiger partial charge >= 0.3 is 0 Å². The van der Waals surface area contributed by atoms with E-state index >= 15 is 0 Å². The molecule has 11 rings (SSSR count). The van der Waals surface area contributed by atoms with E-state index in [1.165, 1.54) is 54.9 Å². The van der Waals surface area contributed by atoms with Gasteiger partial charge in [-0.05, 0) is 165 Å². The van der Waals surface area contributed by atoms with Gasteiger partial charge in [0.25, 0.3) is 0 Å². The number of fused-ring (bicyclic) bond motifs is 3. The fraction of sp³-hybridized carbons (Fsp3) is 0.0294. The third-order valence-corrected chi connectivity index (χ3v) is 13.1. The maximum atomic E-state index is 2.38. The smallest absolute Gasteiger partial charge is 0.0462 e. The Hall–Kier alpha value is -8.98. The van der Waals surface area contributed by atoms with Crippen LogP contribution in [0.5, 0.6) is 0 Å². The van der Waals surface area contributed by atoms with Gasteiger partial charge in [0.15, 0.2) is 0 Å². The maximum absolute atomic E-state index is 2.38.